The van der Waals surface area contributed by atoms with Crippen LogP contribution < -0.4 is 14.8 Å². The van der Waals surface area contributed by atoms with Crippen molar-refractivity contribution < 1.29 is 28.6 Å². The van der Waals surface area contributed by atoms with E-state index < -0.39 is 24.5 Å². The number of rotatable bonds is 7. The molecule has 0 bridgehead atoms. The molecule has 1 heterocycles. The standard InChI is InChI=1S/C24H19NO6/c26-21(14-25-24(28)18-11-12-19-20(13-18)30-15-29-19)31-23(17-9-5-2-6-10-17)22(27)16-7-3-1-4-8-16/h1-13,23H,14-15H2,(H,25,28)/t23-/m1/s1. The van der Waals surface area contributed by atoms with E-state index in [2.05, 4.69) is 5.32 Å². The van der Waals surface area contributed by atoms with Crippen molar-refractivity contribution >= 4 is 17.7 Å². The molecular formula is C24H19NO6. The van der Waals surface area contributed by atoms with Gasteiger partial charge in [0.15, 0.2) is 17.6 Å². The Morgan fingerprint density at radius 1 is 0.839 bits per heavy atom. The van der Waals surface area contributed by atoms with Crippen LogP contribution in [-0.2, 0) is 9.53 Å². The summed E-state index contributed by atoms with van der Waals surface area (Å²) in [5, 5.41) is 2.50. The van der Waals surface area contributed by atoms with Gasteiger partial charge < -0.3 is 19.5 Å². The van der Waals surface area contributed by atoms with Crippen molar-refractivity contribution in [2.75, 3.05) is 13.3 Å². The molecule has 0 unspecified atom stereocenters. The van der Waals surface area contributed by atoms with Gasteiger partial charge in [0.25, 0.3) is 5.91 Å². The van der Waals surface area contributed by atoms with Crippen LogP contribution >= 0.6 is 0 Å². The lowest BCUT2D eigenvalue weighted by atomic mass is 10.00. The Kier molecular flexibility index (Phi) is 5.93. The van der Waals surface area contributed by atoms with E-state index in [-0.39, 0.29) is 12.6 Å². The summed E-state index contributed by atoms with van der Waals surface area (Å²) in [5.74, 6) is -0.524. The molecule has 0 radical (unpaired) electrons. The summed E-state index contributed by atoms with van der Waals surface area (Å²) in [7, 11) is 0. The molecule has 0 saturated heterocycles. The molecule has 4 rings (SSSR count). The quantitative estimate of drug-likeness (QED) is 0.469. The molecule has 0 aliphatic carbocycles. The normalized spacial score (nSPS) is 12.6. The predicted molar refractivity (Wildman–Crippen MR) is 111 cm³/mol. The summed E-state index contributed by atoms with van der Waals surface area (Å²) in [6, 6.07) is 22.1. The van der Waals surface area contributed by atoms with Crippen molar-refractivity contribution in [3.05, 3.63) is 95.6 Å². The largest absolute Gasteiger partial charge is 0.454 e. The van der Waals surface area contributed by atoms with Crippen molar-refractivity contribution in [1.29, 1.82) is 0 Å². The van der Waals surface area contributed by atoms with Crippen LogP contribution in [0.2, 0.25) is 0 Å². The van der Waals surface area contributed by atoms with Gasteiger partial charge in [-0.05, 0) is 18.2 Å². The van der Waals surface area contributed by atoms with Gasteiger partial charge in [0.05, 0.1) is 0 Å². The van der Waals surface area contributed by atoms with Crippen molar-refractivity contribution in [2.45, 2.75) is 6.10 Å². The van der Waals surface area contributed by atoms with Crippen LogP contribution in [0.25, 0.3) is 0 Å². The molecule has 7 nitrogen and oxygen atoms in total. The Hall–Kier alpha value is -4.13. The van der Waals surface area contributed by atoms with Gasteiger partial charge in [-0.2, -0.15) is 0 Å². The number of carbonyl (C=O) groups excluding carboxylic acids is 3. The molecule has 0 fully saturated rings. The van der Waals surface area contributed by atoms with Gasteiger partial charge in [-0.1, -0.05) is 60.7 Å². The van der Waals surface area contributed by atoms with E-state index in [4.69, 9.17) is 14.2 Å². The molecule has 7 heteroatoms. The van der Waals surface area contributed by atoms with Crippen molar-refractivity contribution in [3.63, 3.8) is 0 Å². The van der Waals surface area contributed by atoms with E-state index in [1.54, 1.807) is 72.8 Å². The summed E-state index contributed by atoms with van der Waals surface area (Å²) in [5.41, 5.74) is 1.29. The van der Waals surface area contributed by atoms with E-state index in [1.807, 2.05) is 0 Å². The third-order valence-electron chi connectivity index (χ3n) is 4.68. The summed E-state index contributed by atoms with van der Waals surface area (Å²) < 4.78 is 15.9. The predicted octanol–water partition coefficient (Wildman–Crippen LogP) is 3.31. The molecule has 156 valence electrons. The molecule has 3 aromatic carbocycles. The number of fused-ring (bicyclic) bond motifs is 1. The molecule has 1 aliphatic heterocycles. The Morgan fingerprint density at radius 3 is 2.26 bits per heavy atom. The van der Waals surface area contributed by atoms with E-state index in [0.717, 1.165) is 0 Å². The highest BCUT2D eigenvalue weighted by Gasteiger charge is 2.26. The number of carbonyl (C=O) groups is 3. The Bertz CT molecular complexity index is 1100. The van der Waals surface area contributed by atoms with Crippen LogP contribution in [0.3, 0.4) is 0 Å². The zero-order valence-corrected chi connectivity index (χ0v) is 16.4. The fourth-order valence-electron chi connectivity index (χ4n) is 3.12. The maximum atomic E-state index is 13.0. The number of benzene rings is 3. The average Bonchev–Trinajstić information content (AvgIpc) is 3.29. The second-order valence-corrected chi connectivity index (χ2v) is 6.76. The van der Waals surface area contributed by atoms with Crippen LogP contribution in [0.1, 0.15) is 32.4 Å². The minimum Gasteiger partial charge on any atom is -0.454 e. The van der Waals surface area contributed by atoms with Crippen LogP contribution in [-0.4, -0.2) is 31.0 Å². The fraction of sp³-hybridized carbons (Fsp3) is 0.125. The molecule has 0 saturated carbocycles. The van der Waals surface area contributed by atoms with Gasteiger partial charge in [-0.15, -0.1) is 0 Å². The molecule has 1 N–H and O–H groups in total. The highest BCUT2D eigenvalue weighted by Crippen LogP contribution is 2.32. The number of ether oxygens (including phenoxy) is 3. The Labute approximate surface area is 178 Å². The Morgan fingerprint density at radius 2 is 1.52 bits per heavy atom. The zero-order valence-electron chi connectivity index (χ0n) is 16.4. The maximum absolute atomic E-state index is 13.0. The molecular weight excluding hydrogens is 398 g/mol. The van der Waals surface area contributed by atoms with E-state index >= 15 is 0 Å². The number of hydrogen-bond donors (Lipinski definition) is 1. The van der Waals surface area contributed by atoms with Crippen molar-refractivity contribution in [2.24, 2.45) is 0 Å². The lowest BCUT2D eigenvalue weighted by molar-refractivity contribution is -0.146. The van der Waals surface area contributed by atoms with Gasteiger partial charge in [0.2, 0.25) is 12.6 Å². The lowest BCUT2D eigenvalue weighted by Gasteiger charge is -2.17. The number of ketones is 1. The minimum absolute atomic E-state index is 0.100. The van der Waals surface area contributed by atoms with Gasteiger partial charge in [0.1, 0.15) is 6.54 Å². The second-order valence-electron chi connectivity index (χ2n) is 6.76. The van der Waals surface area contributed by atoms with Crippen LogP contribution in [0.5, 0.6) is 11.5 Å². The molecule has 0 spiro atoms. The van der Waals surface area contributed by atoms with Gasteiger partial charge in [0, 0.05) is 16.7 Å². The average molecular weight is 417 g/mol. The number of hydrogen-bond acceptors (Lipinski definition) is 6. The maximum Gasteiger partial charge on any atom is 0.326 e. The number of amides is 1. The summed E-state index contributed by atoms with van der Waals surface area (Å²) in [6.45, 7) is -0.290. The number of esters is 1. The third-order valence-corrected chi connectivity index (χ3v) is 4.68. The number of nitrogens with one attached hydrogen (secondary N) is 1. The van der Waals surface area contributed by atoms with Crippen molar-refractivity contribution in [1.82, 2.24) is 5.32 Å². The first-order valence-corrected chi connectivity index (χ1v) is 9.63. The smallest absolute Gasteiger partial charge is 0.326 e. The zero-order chi connectivity index (χ0) is 21.6. The Balaban J connectivity index is 1.43. The van der Waals surface area contributed by atoms with Crippen LogP contribution in [0, 0.1) is 0 Å². The first-order valence-electron chi connectivity index (χ1n) is 9.63. The number of Topliss-reactive ketones (excluding diaryl/α,β-unsaturated/α-hetero) is 1. The molecule has 31 heavy (non-hydrogen) atoms. The van der Waals surface area contributed by atoms with Gasteiger partial charge in [-0.3, -0.25) is 14.4 Å². The molecule has 1 amide bonds. The summed E-state index contributed by atoms with van der Waals surface area (Å²) in [6.07, 6.45) is -1.11. The lowest BCUT2D eigenvalue weighted by Crippen LogP contribution is -2.32. The van der Waals surface area contributed by atoms with Crippen molar-refractivity contribution in [3.8, 4) is 11.5 Å². The van der Waals surface area contributed by atoms with Gasteiger partial charge >= 0.3 is 5.97 Å². The topological polar surface area (TPSA) is 90.9 Å². The molecule has 3 aromatic rings. The highest BCUT2D eigenvalue weighted by atomic mass is 16.7. The van der Waals surface area contributed by atoms with E-state index in [0.29, 0.717) is 28.2 Å². The first-order chi connectivity index (χ1) is 15.1. The third kappa shape index (κ3) is 4.72. The van der Waals surface area contributed by atoms with E-state index in [9.17, 15) is 14.4 Å². The van der Waals surface area contributed by atoms with Crippen LogP contribution in [0.15, 0.2) is 78.9 Å². The fourth-order valence-corrected chi connectivity index (χ4v) is 3.12. The monoisotopic (exact) mass is 417 g/mol. The highest BCUT2D eigenvalue weighted by molar-refractivity contribution is 6.01. The van der Waals surface area contributed by atoms with E-state index in [1.165, 1.54) is 6.07 Å². The molecule has 1 aliphatic rings. The summed E-state index contributed by atoms with van der Waals surface area (Å²) >= 11 is 0. The SMILES string of the molecule is O=C(CNC(=O)c1ccc2c(c1)OCO2)O[C@@H](C(=O)c1ccccc1)c1ccccc1. The van der Waals surface area contributed by atoms with Crippen LogP contribution in [0.4, 0.5) is 0 Å². The summed E-state index contributed by atoms with van der Waals surface area (Å²) in [4.78, 5) is 37.8. The van der Waals surface area contributed by atoms with Gasteiger partial charge in [-0.25, -0.2) is 0 Å². The first kappa shape index (κ1) is 20.2. The second kappa shape index (κ2) is 9.13. The minimum atomic E-state index is -1.11. The molecule has 0 aromatic heterocycles. The molecule has 1 atom stereocenters.